The lowest BCUT2D eigenvalue weighted by Gasteiger charge is -2.15. The topological polar surface area (TPSA) is 47.6 Å². The molecule has 1 aliphatic rings. The van der Waals surface area contributed by atoms with Crippen LogP contribution in [-0.2, 0) is 14.3 Å². The lowest BCUT2D eigenvalue weighted by atomic mass is 10.1. The van der Waals surface area contributed by atoms with E-state index in [1.165, 1.54) is 0 Å². The monoisotopic (exact) mass is 187 g/mol. The molecule has 0 bridgehead atoms. The number of hydrogen-bond donors (Lipinski definition) is 1. The summed E-state index contributed by atoms with van der Waals surface area (Å²) in [6, 6.07) is 0.160. The highest BCUT2D eigenvalue weighted by atomic mass is 16.5. The summed E-state index contributed by atoms with van der Waals surface area (Å²) in [6.45, 7) is 5.30. The standard InChI is InChI=1S/C9H17NO3/c1-3-12-6-9(11)10-8-4-5-13-7(8)2/h7-8H,3-6H2,1-2H3,(H,10,11). The van der Waals surface area contributed by atoms with E-state index in [4.69, 9.17) is 9.47 Å². The Morgan fingerprint density at radius 1 is 1.69 bits per heavy atom. The van der Waals surface area contributed by atoms with E-state index in [0.717, 1.165) is 13.0 Å². The van der Waals surface area contributed by atoms with E-state index in [2.05, 4.69) is 5.32 Å². The predicted octanol–water partition coefficient (Wildman–Crippen LogP) is 0.317. The Bertz CT molecular complexity index is 172. The molecule has 13 heavy (non-hydrogen) atoms. The van der Waals surface area contributed by atoms with Crippen molar-refractivity contribution < 1.29 is 14.3 Å². The maximum absolute atomic E-state index is 11.2. The van der Waals surface area contributed by atoms with E-state index in [0.29, 0.717) is 6.61 Å². The molecule has 0 saturated carbocycles. The minimum Gasteiger partial charge on any atom is -0.376 e. The van der Waals surface area contributed by atoms with Gasteiger partial charge < -0.3 is 14.8 Å². The number of hydrogen-bond acceptors (Lipinski definition) is 3. The van der Waals surface area contributed by atoms with Gasteiger partial charge in [0.15, 0.2) is 0 Å². The van der Waals surface area contributed by atoms with E-state index >= 15 is 0 Å². The molecule has 4 nitrogen and oxygen atoms in total. The molecule has 0 aromatic heterocycles. The van der Waals surface area contributed by atoms with Crippen molar-refractivity contribution in [1.82, 2.24) is 5.32 Å². The molecule has 1 fully saturated rings. The summed E-state index contributed by atoms with van der Waals surface area (Å²) in [5, 5.41) is 2.87. The van der Waals surface area contributed by atoms with Gasteiger partial charge in [-0.2, -0.15) is 0 Å². The third-order valence-electron chi connectivity index (χ3n) is 2.16. The van der Waals surface area contributed by atoms with Gasteiger partial charge in [0.1, 0.15) is 6.61 Å². The summed E-state index contributed by atoms with van der Waals surface area (Å²) in [7, 11) is 0. The molecule has 0 spiro atoms. The fourth-order valence-electron chi connectivity index (χ4n) is 1.36. The van der Waals surface area contributed by atoms with Crippen molar-refractivity contribution in [3.63, 3.8) is 0 Å². The summed E-state index contributed by atoms with van der Waals surface area (Å²) >= 11 is 0. The van der Waals surface area contributed by atoms with Crippen LogP contribution in [0.5, 0.6) is 0 Å². The van der Waals surface area contributed by atoms with Crippen molar-refractivity contribution >= 4 is 5.91 Å². The molecule has 4 heteroatoms. The first-order valence-corrected chi connectivity index (χ1v) is 4.72. The van der Waals surface area contributed by atoms with Gasteiger partial charge in [-0.15, -0.1) is 0 Å². The molecule has 1 rings (SSSR count). The van der Waals surface area contributed by atoms with Crippen LogP contribution in [0.2, 0.25) is 0 Å². The van der Waals surface area contributed by atoms with Crippen LogP contribution in [0.25, 0.3) is 0 Å². The number of ether oxygens (including phenoxy) is 2. The lowest BCUT2D eigenvalue weighted by molar-refractivity contribution is -0.126. The first kappa shape index (κ1) is 10.5. The van der Waals surface area contributed by atoms with E-state index in [1.807, 2.05) is 13.8 Å². The van der Waals surface area contributed by atoms with Crippen molar-refractivity contribution in [3.05, 3.63) is 0 Å². The molecule has 0 radical (unpaired) electrons. The minimum absolute atomic E-state index is 0.0517. The summed E-state index contributed by atoms with van der Waals surface area (Å²) in [5.74, 6) is -0.0517. The number of rotatable bonds is 4. The van der Waals surface area contributed by atoms with Crippen molar-refractivity contribution in [1.29, 1.82) is 0 Å². The molecule has 1 N–H and O–H groups in total. The van der Waals surface area contributed by atoms with Gasteiger partial charge in [-0.3, -0.25) is 4.79 Å². The third-order valence-corrected chi connectivity index (χ3v) is 2.16. The largest absolute Gasteiger partial charge is 0.376 e. The molecule has 1 aliphatic heterocycles. The molecule has 0 aromatic carbocycles. The molecule has 1 heterocycles. The SMILES string of the molecule is CCOCC(=O)NC1CCOC1C. The zero-order valence-electron chi connectivity index (χ0n) is 8.21. The zero-order chi connectivity index (χ0) is 9.68. The van der Waals surface area contributed by atoms with Crippen LogP contribution in [-0.4, -0.2) is 37.9 Å². The Balaban J connectivity index is 2.19. The van der Waals surface area contributed by atoms with Crippen molar-refractivity contribution in [2.45, 2.75) is 32.4 Å². The Hall–Kier alpha value is -0.610. The second-order valence-electron chi connectivity index (χ2n) is 3.18. The first-order valence-electron chi connectivity index (χ1n) is 4.72. The summed E-state index contributed by atoms with van der Waals surface area (Å²) in [6.07, 6.45) is 1.03. The van der Waals surface area contributed by atoms with Crippen LogP contribution in [0.4, 0.5) is 0 Å². The highest BCUT2D eigenvalue weighted by molar-refractivity contribution is 5.77. The van der Waals surface area contributed by atoms with Crippen LogP contribution in [0.1, 0.15) is 20.3 Å². The minimum atomic E-state index is -0.0517. The number of carbonyl (C=O) groups excluding carboxylic acids is 1. The number of amides is 1. The lowest BCUT2D eigenvalue weighted by Crippen LogP contribution is -2.41. The molecule has 0 aromatic rings. The summed E-state index contributed by atoms with van der Waals surface area (Å²) < 4.78 is 10.3. The summed E-state index contributed by atoms with van der Waals surface area (Å²) in [4.78, 5) is 11.2. The van der Waals surface area contributed by atoms with Crippen molar-refractivity contribution in [2.75, 3.05) is 19.8 Å². The van der Waals surface area contributed by atoms with Gasteiger partial charge in [0, 0.05) is 13.2 Å². The zero-order valence-corrected chi connectivity index (χ0v) is 8.21. The molecule has 2 unspecified atom stereocenters. The normalized spacial score (nSPS) is 27.5. The number of nitrogens with one attached hydrogen (secondary N) is 1. The first-order chi connectivity index (χ1) is 6.24. The fraction of sp³-hybridized carbons (Fsp3) is 0.889. The van der Waals surface area contributed by atoms with Crippen LogP contribution in [0.15, 0.2) is 0 Å². The molecule has 76 valence electrons. The van der Waals surface area contributed by atoms with Crippen LogP contribution in [0.3, 0.4) is 0 Å². The van der Waals surface area contributed by atoms with Crippen LogP contribution >= 0.6 is 0 Å². The van der Waals surface area contributed by atoms with Gasteiger partial charge in [0.25, 0.3) is 0 Å². The maximum Gasteiger partial charge on any atom is 0.246 e. The van der Waals surface area contributed by atoms with E-state index < -0.39 is 0 Å². The Morgan fingerprint density at radius 2 is 2.46 bits per heavy atom. The van der Waals surface area contributed by atoms with Gasteiger partial charge in [0.2, 0.25) is 5.91 Å². The Labute approximate surface area is 78.6 Å². The quantitative estimate of drug-likeness (QED) is 0.689. The Kier molecular flexibility index (Phi) is 4.18. The second-order valence-corrected chi connectivity index (χ2v) is 3.18. The summed E-state index contributed by atoms with van der Waals surface area (Å²) in [5.41, 5.74) is 0. The van der Waals surface area contributed by atoms with Crippen LogP contribution in [0, 0.1) is 0 Å². The van der Waals surface area contributed by atoms with Crippen molar-refractivity contribution in [3.8, 4) is 0 Å². The molecule has 2 atom stereocenters. The average Bonchev–Trinajstić information content (AvgIpc) is 2.48. The highest BCUT2D eigenvalue weighted by Gasteiger charge is 2.25. The average molecular weight is 187 g/mol. The number of carbonyl (C=O) groups is 1. The van der Waals surface area contributed by atoms with Gasteiger partial charge in [-0.25, -0.2) is 0 Å². The maximum atomic E-state index is 11.2. The Morgan fingerprint density at radius 3 is 3.00 bits per heavy atom. The molecular weight excluding hydrogens is 170 g/mol. The van der Waals surface area contributed by atoms with Gasteiger partial charge in [-0.05, 0) is 20.3 Å². The molecule has 1 amide bonds. The van der Waals surface area contributed by atoms with E-state index in [-0.39, 0.29) is 24.7 Å². The smallest absolute Gasteiger partial charge is 0.246 e. The van der Waals surface area contributed by atoms with Crippen LogP contribution < -0.4 is 5.32 Å². The highest BCUT2D eigenvalue weighted by Crippen LogP contribution is 2.12. The van der Waals surface area contributed by atoms with Crippen molar-refractivity contribution in [2.24, 2.45) is 0 Å². The molecular formula is C9H17NO3. The fourth-order valence-corrected chi connectivity index (χ4v) is 1.36. The predicted molar refractivity (Wildman–Crippen MR) is 48.5 cm³/mol. The third kappa shape index (κ3) is 3.32. The van der Waals surface area contributed by atoms with Gasteiger partial charge in [0.05, 0.1) is 12.1 Å². The van der Waals surface area contributed by atoms with Gasteiger partial charge in [-0.1, -0.05) is 0 Å². The van der Waals surface area contributed by atoms with E-state index in [9.17, 15) is 4.79 Å². The van der Waals surface area contributed by atoms with E-state index in [1.54, 1.807) is 0 Å². The molecule has 1 saturated heterocycles. The molecule has 0 aliphatic carbocycles. The van der Waals surface area contributed by atoms with Gasteiger partial charge >= 0.3 is 0 Å². The second kappa shape index (κ2) is 5.19.